The molecule has 0 radical (unpaired) electrons. The summed E-state index contributed by atoms with van der Waals surface area (Å²) in [6, 6.07) is 0. The highest BCUT2D eigenvalue weighted by Gasteiger charge is 2.75. The fraction of sp³-hybridized carbons (Fsp3) is 1.00. The average molecular weight is 585 g/mol. The van der Waals surface area contributed by atoms with Crippen molar-refractivity contribution in [1.29, 1.82) is 0 Å². The van der Waals surface area contributed by atoms with Crippen molar-refractivity contribution >= 4 is 10.2 Å². The normalized spacial score (nSPS) is 17.9. The van der Waals surface area contributed by atoms with E-state index in [-0.39, 0.29) is 27.6 Å². The Morgan fingerprint density at radius 3 is 1.23 bits per heavy atom. The first-order valence-corrected chi connectivity index (χ1v) is 16.5. The lowest BCUT2D eigenvalue weighted by molar-refractivity contribution is -0.255. The SMILES string of the molecule is CC(C)(C)CC(C(C)(C)C)C(CC(C)(C)C)(C(C)(C)C)C(N(C(C)(C)C)S(=O)(=O)N=[N+]=[N-])(C(C)(C)C)C(C)(C)C. The largest absolute Gasteiger partial charge is 0.303 e. The van der Waals surface area contributed by atoms with E-state index >= 15 is 0 Å². The van der Waals surface area contributed by atoms with E-state index < -0.39 is 37.5 Å². The maximum absolute atomic E-state index is 14.5. The maximum atomic E-state index is 14.5. The first-order valence-electron chi connectivity index (χ1n) is 15.1. The molecule has 0 saturated carbocycles. The smallest absolute Gasteiger partial charge is 0.204 e. The van der Waals surface area contributed by atoms with Crippen LogP contribution in [0.5, 0.6) is 0 Å². The number of rotatable bonds is 7. The minimum Gasteiger partial charge on any atom is -0.204 e. The van der Waals surface area contributed by atoms with Crippen LogP contribution in [0.2, 0.25) is 0 Å². The molecular formula is C33H68N4O2S. The van der Waals surface area contributed by atoms with Crippen LogP contribution in [0.25, 0.3) is 10.4 Å². The van der Waals surface area contributed by atoms with Gasteiger partial charge in [0.15, 0.2) is 0 Å². The van der Waals surface area contributed by atoms with Gasteiger partial charge in [0.05, 0.1) is 5.54 Å². The van der Waals surface area contributed by atoms with Crippen LogP contribution in [0.3, 0.4) is 0 Å². The molecule has 0 N–H and O–H groups in total. The van der Waals surface area contributed by atoms with Gasteiger partial charge in [-0.2, -0.15) is 4.31 Å². The number of nitrogens with zero attached hydrogens (tertiary/aromatic N) is 4. The molecular weight excluding hydrogens is 516 g/mol. The molecule has 0 saturated heterocycles. The van der Waals surface area contributed by atoms with Gasteiger partial charge in [0.2, 0.25) is 0 Å². The van der Waals surface area contributed by atoms with Gasteiger partial charge >= 0.3 is 10.2 Å². The van der Waals surface area contributed by atoms with Gasteiger partial charge < -0.3 is 0 Å². The molecule has 238 valence electrons. The van der Waals surface area contributed by atoms with E-state index in [4.69, 9.17) is 0 Å². The molecule has 2 atom stereocenters. The summed E-state index contributed by atoms with van der Waals surface area (Å²) in [6.07, 6.45) is 1.70. The van der Waals surface area contributed by atoms with Crippen LogP contribution >= 0.6 is 0 Å². The van der Waals surface area contributed by atoms with Gasteiger partial charge in [0.1, 0.15) is 0 Å². The molecule has 0 aliphatic heterocycles. The zero-order valence-corrected chi connectivity index (χ0v) is 31.3. The second-order valence-electron chi connectivity index (χ2n) is 19.9. The molecule has 0 rings (SSSR count). The van der Waals surface area contributed by atoms with Crippen LogP contribution in [0.1, 0.15) is 158 Å². The van der Waals surface area contributed by atoms with Gasteiger partial charge in [-0.05, 0) is 83.0 Å². The lowest BCUT2D eigenvalue weighted by atomic mass is 9.34. The van der Waals surface area contributed by atoms with Crippen LogP contribution in [0.4, 0.5) is 0 Å². The van der Waals surface area contributed by atoms with Crippen LogP contribution < -0.4 is 0 Å². The predicted molar refractivity (Wildman–Crippen MR) is 174 cm³/mol. The lowest BCUT2D eigenvalue weighted by Gasteiger charge is -2.76. The van der Waals surface area contributed by atoms with Crippen LogP contribution in [-0.2, 0) is 10.2 Å². The Morgan fingerprint density at radius 2 is 1.02 bits per heavy atom. The van der Waals surface area contributed by atoms with Crippen LogP contribution in [-0.4, -0.2) is 23.8 Å². The Bertz CT molecular complexity index is 1010. The van der Waals surface area contributed by atoms with Gasteiger partial charge in [0.25, 0.3) is 0 Å². The quantitative estimate of drug-likeness (QED) is 0.169. The van der Waals surface area contributed by atoms with Crippen molar-refractivity contribution in [1.82, 2.24) is 4.31 Å². The summed E-state index contributed by atoms with van der Waals surface area (Å²) in [5, 5.41) is 0. The van der Waals surface area contributed by atoms with Gasteiger partial charge in [-0.1, -0.05) is 125 Å². The third-order valence-corrected chi connectivity index (χ3v) is 10.3. The van der Waals surface area contributed by atoms with E-state index in [1.165, 1.54) is 0 Å². The van der Waals surface area contributed by atoms with Crippen LogP contribution in [0, 0.1) is 43.8 Å². The van der Waals surface area contributed by atoms with Gasteiger partial charge in [-0.3, -0.25) is 0 Å². The molecule has 2 unspecified atom stereocenters. The fourth-order valence-corrected chi connectivity index (χ4v) is 10.8. The molecule has 0 aromatic rings. The zero-order chi connectivity index (χ0) is 33.0. The monoisotopic (exact) mass is 585 g/mol. The number of azide groups is 1. The highest BCUT2D eigenvalue weighted by molar-refractivity contribution is 7.87. The number of hydrogen-bond donors (Lipinski definition) is 0. The van der Waals surface area contributed by atoms with E-state index in [0.29, 0.717) is 0 Å². The number of hydrogen-bond acceptors (Lipinski definition) is 2. The van der Waals surface area contributed by atoms with Crippen molar-refractivity contribution in [2.24, 2.45) is 48.3 Å². The summed E-state index contributed by atoms with van der Waals surface area (Å²) in [6.45, 7) is 46.7. The van der Waals surface area contributed by atoms with Gasteiger partial charge in [0, 0.05) is 15.0 Å². The lowest BCUT2D eigenvalue weighted by Crippen LogP contribution is -2.81. The molecule has 0 aliphatic rings. The highest BCUT2D eigenvalue weighted by atomic mass is 32.2. The van der Waals surface area contributed by atoms with Crippen molar-refractivity contribution in [3.63, 3.8) is 0 Å². The average Bonchev–Trinajstić information content (AvgIpc) is 2.55. The molecule has 6 nitrogen and oxygen atoms in total. The second kappa shape index (κ2) is 11.1. The Hall–Kier alpha value is -0.780. The van der Waals surface area contributed by atoms with Crippen molar-refractivity contribution < 1.29 is 8.42 Å². The van der Waals surface area contributed by atoms with E-state index in [0.717, 1.165) is 12.8 Å². The van der Waals surface area contributed by atoms with Crippen molar-refractivity contribution in [3.05, 3.63) is 10.4 Å². The van der Waals surface area contributed by atoms with E-state index in [9.17, 15) is 13.9 Å². The summed E-state index contributed by atoms with van der Waals surface area (Å²) < 4.78 is 34.3. The summed E-state index contributed by atoms with van der Waals surface area (Å²) in [5.74, 6) is 0.101. The summed E-state index contributed by atoms with van der Waals surface area (Å²) in [7, 11) is -4.43. The van der Waals surface area contributed by atoms with Crippen LogP contribution in [0.15, 0.2) is 4.52 Å². The molecule has 0 amide bonds. The molecule has 0 spiro atoms. The Balaban J connectivity index is 9.48. The predicted octanol–water partition coefficient (Wildman–Crippen LogP) is 11.0. The molecule has 0 aliphatic carbocycles. The van der Waals surface area contributed by atoms with E-state index in [1.54, 1.807) is 4.31 Å². The fourth-order valence-electron chi connectivity index (χ4n) is 8.86. The maximum Gasteiger partial charge on any atom is 0.303 e. The summed E-state index contributed by atoms with van der Waals surface area (Å²) >= 11 is 0. The van der Waals surface area contributed by atoms with Gasteiger partial charge in [-0.25, -0.2) is 8.42 Å². The Kier molecular flexibility index (Phi) is 10.8. The minimum absolute atomic E-state index is 0.00984. The third kappa shape index (κ3) is 7.59. The van der Waals surface area contributed by atoms with Crippen molar-refractivity contribution in [2.45, 2.75) is 169 Å². The molecule has 0 bridgehead atoms. The molecule has 0 aromatic heterocycles. The van der Waals surface area contributed by atoms with E-state index in [1.807, 2.05) is 20.8 Å². The topological polar surface area (TPSA) is 86.1 Å². The molecule has 0 aromatic carbocycles. The first kappa shape index (κ1) is 39.2. The van der Waals surface area contributed by atoms with Gasteiger partial charge in [-0.15, -0.1) is 0 Å². The van der Waals surface area contributed by atoms with E-state index in [2.05, 4.69) is 134 Å². The summed E-state index contributed by atoms with van der Waals surface area (Å²) in [4.78, 5) is 2.89. The van der Waals surface area contributed by atoms with Crippen molar-refractivity contribution in [2.75, 3.05) is 0 Å². The summed E-state index contributed by atoms with van der Waals surface area (Å²) in [5.41, 5.74) is 5.28. The molecule has 7 heteroatoms. The zero-order valence-electron chi connectivity index (χ0n) is 30.5. The minimum atomic E-state index is -4.43. The molecule has 0 fully saturated rings. The standard InChI is InChI=1S/C33H68N4O2S/c1-25(2,3)22-24(27(7,8)9)32(28(10,11)12,23-26(4,5)6)33(29(13,14)15,30(16,17)18)37(31(19,20)21)40(38,39)36-35-34/h24H,22-23H2,1-21H3. The third-order valence-electron chi connectivity index (χ3n) is 8.71. The second-order valence-corrected chi connectivity index (χ2v) is 21.4. The molecule has 0 heterocycles. The first-order chi connectivity index (χ1) is 17.0. The highest BCUT2D eigenvalue weighted by Crippen LogP contribution is 2.73. The Morgan fingerprint density at radius 1 is 0.650 bits per heavy atom. The molecule has 40 heavy (non-hydrogen) atoms. The van der Waals surface area contributed by atoms with Crippen molar-refractivity contribution in [3.8, 4) is 0 Å². The Labute approximate surface area is 250 Å².